The van der Waals surface area contributed by atoms with E-state index in [1.54, 1.807) is 7.11 Å². The average molecular weight is 365 g/mol. The second-order valence-electron chi connectivity index (χ2n) is 6.30. The van der Waals surface area contributed by atoms with Gasteiger partial charge in [-0.3, -0.25) is 9.59 Å². The number of rotatable bonds is 13. The summed E-state index contributed by atoms with van der Waals surface area (Å²) in [6.07, 6.45) is 1.73. The van der Waals surface area contributed by atoms with Gasteiger partial charge in [-0.15, -0.1) is 0 Å². The summed E-state index contributed by atoms with van der Waals surface area (Å²) in [4.78, 5) is 24.3. The van der Waals surface area contributed by atoms with Gasteiger partial charge in [-0.05, 0) is 30.7 Å². The van der Waals surface area contributed by atoms with E-state index in [9.17, 15) is 14.7 Å². The van der Waals surface area contributed by atoms with Gasteiger partial charge < -0.3 is 19.9 Å². The van der Waals surface area contributed by atoms with Crippen molar-refractivity contribution in [3.63, 3.8) is 0 Å². The van der Waals surface area contributed by atoms with Crippen LogP contribution >= 0.6 is 0 Å². The third-order valence-electron chi connectivity index (χ3n) is 4.66. The van der Waals surface area contributed by atoms with E-state index in [1.807, 2.05) is 44.2 Å². The highest BCUT2D eigenvalue weighted by Gasteiger charge is 2.34. The van der Waals surface area contributed by atoms with Crippen LogP contribution < -0.4 is 5.32 Å². The van der Waals surface area contributed by atoms with Gasteiger partial charge in [-0.25, -0.2) is 0 Å². The number of aliphatic carboxylic acids is 1. The fourth-order valence-corrected chi connectivity index (χ4v) is 3.13. The molecular weight excluding hydrogens is 334 g/mol. The van der Waals surface area contributed by atoms with Crippen LogP contribution in [0.1, 0.15) is 44.6 Å². The molecular formula is C20H31NO5. The predicted octanol–water partition coefficient (Wildman–Crippen LogP) is 3.03. The third-order valence-corrected chi connectivity index (χ3v) is 4.66. The molecule has 6 nitrogen and oxygen atoms in total. The molecule has 0 fully saturated rings. The Morgan fingerprint density at radius 2 is 1.77 bits per heavy atom. The lowest BCUT2D eigenvalue weighted by Gasteiger charge is -2.26. The molecule has 1 aromatic rings. The minimum absolute atomic E-state index is 0.0565. The van der Waals surface area contributed by atoms with Crippen LogP contribution in [0.5, 0.6) is 0 Å². The first-order chi connectivity index (χ1) is 12.5. The molecule has 3 atom stereocenters. The number of ether oxygens (including phenoxy) is 2. The summed E-state index contributed by atoms with van der Waals surface area (Å²) in [5.74, 6) is -2.42. The van der Waals surface area contributed by atoms with Gasteiger partial charge in [-0.1, -0.05) is 44.2 Å². The molecule has 3 unspecified atom stereocenters. The van der Waals surface area contributed by atoms with E-state index in [0.29, 0.717) is 26.1 Å². The Balaban J connectivity index is 2.74. The second kappa shape index (κ2) is 12.4. The molecule has 2 N–H and O–H groups in total. The van der Waals surface area contributed by atoms with Crippen molar-refractivity contribution < 1.29 is 24.2 Å². The summed E-state index contributed by atoms with van der Waals surface area (Å²) in [5.41, 5.74) is 1.11. The molecule has 0 aliphatic heterocycles. The molecule has 0 aliphatic rings. The van der Waals surface area contributed by atoms with Gasteiger partial charge >= 0.3 is 5.97 Å². The normalized spacial score (nSPS) is 14.4. The lowest BCUT2D eigenvalue weighted by Crippen LogP contribution is -2.39. The summed E-state index contributed by atoms with van der Waals surface area (Å²) in [5, 5.41) is 12.4. The number of carboxylic acid groups (broad SMARTS) is 1. The van der Waals surface area contributed by atoms with Crippen molar-refractivity contribution >= 4 is 11.9 Å². The quantitative estimate of drug-likeness (QED) is 0.415. The zero-order valence-electron chi connectivity index (χ0n) is 15.9. The number of hydrogen-bond donors (Lipinski definition) is 2. The molecule has 146 valence electrons. The van der Waals surface area contributed by atoms with Crippen molar-refractivity contribution in [1.82, 2.24) is 5.32 Å². The molecule has 1 rings (SSSR count). The summed E-state index contributed by atoms with van der Waals surface area (Å²) >= 11 is 0. The third kappa shape index (κ3) is 7.14. The zero-order chi connectivity index (χ0) is 19.4. The van der Waals surface area contributed by atoms with Gasteiger partial charge in [-0.2, -0.15) is 0 Å². The molecule has 0 saturated heterocycles. The maximum Gasteiger partial charge on any atom is 0.307 e. The molecule has 1 amide bonds. The van der Waals surface area contributed by atoms with Gasteiger partial charge in [0, 0.05) is 7.11 Å². The van der Waals surface area contributed by atoms with Crippen LogP contribution in [-0.4, -0.2) is 44.0 Å². The maximum atomic E-state index is 12.5. The molecule has 6 heteroatoms. The smallest absolute Gasteiger partial charge is 0.307 e. The fraction of sp³-hybridized carbons (Fsp3) is 0.600. The number of methoxy groups -OCH3 is 1. The van der Waals surface area contributed by atoms with Crippen molar-refractivity contribution in [2.24, 2.45) is 11.8 Å². The van der Waals surface area contributed by atoms with Crippen molar-refractivity contribution in [1.29, 1.82) is 0 Å². The monoisotopic (exact) mass is 365 g/mol. The van der Waals surface area contributed by atoms with Crippen LogP contribution in [-0.2, 0) is 19.1 Å². The molecule has 26 heavy (non-hydrogen) atoms. The van der Waals surface area contributed by atoms with Crippen molar-refractivity contribution in [3.05, 3.63) is 35.9 Å². The van der Waals surface area contributed by atoms with E-state index in [1.165, 1.54) is 0 Å². The minimum Gasteiger partial charge on any atom is -0.481 e. The molecule has 0 spiro atoms. The molecule has 0 saturated carbocycles. The van der Waals surface area contributed by atoms with Crippen LogP contribution in [0.3, 0.4) is 0 Å². The number of amides is 1. The van der Waals surface area contributed by atoms with E-state index >= 15 is 0 Å². The van der Waals surface area contributed by atoms with E-state index in [2.05, 4.69) is 5.32 Å². The number of nitrogens with one attached hydrogen (secondary N) is 1. The summed E-state index contributed by atoms with van der Waals surface area (Å²) in [6.45, 7) is 4.76. The highest BCUT2D eigenvalue weighted by atomic mass is 16.5. The van der Waals surface area contributed by atoms with Crippen LogP contribution in [0.15, 0.2) is 30.3 Å². The Hall–Kier alpha value is -1.92. The Kier molecular flexibility index (Phi) is 10.6. The number of carbonyl (C=O) groups is 2. The fourth-order valence-electron chi connectivity index (χ4n) is 3.13. The standard InChI is InChI=1S/C20H31NO5/c1-4-15(16-9-7-6-8-10-16)13-18(20(23)24)17(5-2)19(22)21-14-26-12-11-25-3/h6-10,15,17-18H,4-5,11-14H2,1-3H3,(H,21,22)(H,23,24). The molecule has 1 aromatic carbocycles. The highest BCUT2D eigenvalue weighted by molar-refractivity contribution is 5.84. The first-order valence-electron chi connectivity index (χ1n) is 9.17. The molecule has 0 aliphatic carbocycles. The largest absolute Gasteiger partial charge is 0.481 e. The number of benzene rings is 1. The summed E-state index contributed by atoms with van der Waals surface area (Å²) in [7, 11) is 1.57. The Labute approximate surface area is 155 Å². The van der Waals surface area contributed by atoms with Crippen molar-refractivity contribution in [3.8, 4) is 0 Å². The average Bonchev–Trinajstić information content (AvgIpc) is 2.65. The number of hydrogen-bond acceptors (Lipinski definition) is 4. The lowest BCUT2D eigenvalue weighted by atomic mass is 9.79. The highest BCUT2D eigenvalue weighted by Crippen LogP contribution is 2.32. The van der Waals surface area contributed by atoms with Crippen LogP contribution in [0.2, 0.25) is 0 Å². The van der Waals surface area contributed by atoms with E-state index in [4.69, 9.17) is 9.47 Å². The van der Waals surface area contributed by atoms with Gasteiger partial charge in [0.1, 0.15) is 6.73 Å². The van der Waals surface area contributed by atoms with E-state index in [-0.39, 0.29) is 18.6 Å². The van der Waals surface area contributed by atoms with Crippen molar-refractivity contribution in [2.75, 3.05) is 27.1 Å². The summed E-state index contributed by atoms with van der Waals surface area (Å²) in [6, 6.07) is 9.87. The zero-order valence-corrected chi connectivity index (χ0v) is 15.9. The Morgan fingerprint density at radius 3 is 2.31 bits per heavy atom. The minimum atomic E-state index is -0.929. The number of carboxylic acids is 1. The van der Waals surface area contributed by atoms with Crippen molar-refractivity contribution in [2.45, 2.75) is 39.0 Å². The molecule has 0 radical (unpaired) electrons. The Morgan fingerprint density at radius 1 is 1.08 bits per heavy atom. The molecule has 0 aromatic heterocycles. The van der Waals surface area contributed by atoms with Crippen LogP contribution in [0.4, 0.5) is 0 Å². The summed E-state index contributed by atoms with van der Waals surface area (Å²) < 4.78 is 10.1. The maximum absolute atomic E-state index is 12.5. The SMILES string of the molecule is CCC(CC(C(=O)O)C(CC)C(=O)NCOCCOC)c1ccccc1. The first kappa shape index (κ1) is 22.1. The molecule has 0 bridgehead atoms. The van der Waals surface area contributed by atoms with E-state index < -0.39 is 17.8 Å². The van der Waals surface area contributed by atoms with Gasteiger partial charge in [0.05, 0.1) is 25.0 Å². The molecule has 0 heterocycles. The topological polar surface area (TPSA) is 84.9 Å². The van der Waals surface area contributed by atoms with Crippen LogP contribution in [0, 0.1) is 11.8 Å². The Bertz CT molecular complexity index is 534. The second-order valence-corrected chi connectivity index (χ2v) is 6.30. The first-order valence-corrected chi connectivity index (χ1v) is 9.17. The van der Waals surface area contributed by atoms with E-state index in [0.717, 1.165) is 12.0 Å². The van der Waals surface area contributed by atoms with Crippen LogP contribution in [0.25, 0.3) is 0 Å². The lowest BCUT2D eigenvalue weighted by molar-refractivity contribution is -0.148. The number of carbonyl (C=O) groups excluding carboxylic acids is 1. The predicted molar refractivity (Wildman–Crippen MR) is 99.8 cm³/mol. The van der Waals surface area contributed by atoms with Gasteiger partial charge in [0.25, 0.3) is 0 Å². The van der Waals surface area contributed by atoms with Gasteiger partial charge in [0.2, 0.25) is 5.91 Å². The van der Waals surface area contributed by atoms with Gasteiger partial charge in [0.15, 0.2) is 0 Å².